The molecule has 0 radical (unpaired) electrons. The zero-order valence-corrected chi connectivity index (χ0v) is 22.4. The molecule has 1 aliphatic heterocycles. The average Bonchev–Trinajstić information content (AvgIpc) is 3.33. The van der Waals surface area contributed by atoms with Gasteiger partial charge in [-0.1, -0.05) is 29.8 Å². The normalized spacial score (nSPS) is 24.4. The molecule has 0 bridgehead atoms. The molecule has 0 spiro atoms. The van der Waals surface area contributed by atoms with Crippen molar-refractivity contribution in [3.05, 3.63) is 53.1 Å². The summed E-state index contributed by atoms with van der Waals surface area (Å²) in [6, 6.07) is 7.75. The van der Waals surface area contributed by atoms with E-state index >= 15 is 0 Å². The third-order valence-electron chi connectivity index (χ3n) is 5.80. The van der Waals surface area contributed by atoms with Crippen molar-refractivity contribution < 1.29 is 47.7 Å². The molecule has 1 fully saturated rings. The standard InChI is InChI=1S/C21H26ClFN4O9P2/c1-11(6-12-4-2-3-5-14(12)23)25-15-7-17(22)26-20-13(15)8-24-27(20)21-19(29)18(28)16(36-21)9-35-38(33,34)10-37(30,31)32/h2-5,7-8,11,16,18-19,21,28-29H,6,9-10H2,1H3,(H,25,26)(H,33,34)(H2,30,31,32)/t11-,16-,18-,19-,21-/m0/s1. The van der Waals surface area contributed by atoms with Crippen molar-refractivity contribution in [1.29, 1.82) is 0 Å². The van der Waals surface area contributed by atoms with Gasteiger partial charge in [0.2, 0.25) is 0 Å². The number of aliphatic hydroxyl groups excluding tert-OH is 2. The summed E-state index contributed by atoms with van der Waals surface area (Å²) >= 11 is 6.23. The first-order valence-electron chi connectivity index (χ1n) is 11.3. The van der Waals surface area contributed by atoms with Crippen LogP contribution in [0.25, 0.3) is 11.0 Å². The van der Waals surface area contributed by atoms with Gasteiger partial charge in [-0.3, -0.25) is 9.13 Å². The minimum atomic E-state index is -4.85. The van der Waals surface area contributed by atoms with Crippen LogP contribution in [0.3, 0.4) is 0 Å². The molecule has 1 saturated heterocycles. The molecule has 17 heteroatoms. The van der Waals surface area contributed by atoms with E-state index in [0.29, 0.717) is 23.1 Å². The second-order valence-electron chi connectivity index (χ2n) is 8.95. The Morgan fingerprint density at radius 1 is 1.24 bits per heavy atom. The molecule has 1 aliphatic rings. The molecule has 1 unspecified atom stereocenters. The highest BCUT2D eigenvalue weighted by atomic mass is 35.5. The number of pyridine rings is 1. The monoisotopic (exact) mass is 594 g/mol. The summed E-state index contributed by atoms with van der Waals surface area (Å²) in [6.45, 7) is 1.12. The van der Waals surface area contributed by atoms with E-state index in [1.807, 2.05) is 6.92 Å². The number of aromatic nitrogens is 3. The Bertz CT molecular complexity index is 1410. The van der Waals surface area contributed by atoms with E-state index in [1.165, 1.54) is 16.9 Å². The number of nitrogens with zero attached hydrogens (tertiary/aromatic N) is 3. The number of hydrogen-bond acceptors (Lipinski definition) is 9. The zero-order valence-electron chi connectivity index (χ0n) is 19.8. The lowest BCUT2D eigenvalue weighted by Gasteiger charge is -2.18. The Kier molecular flexibility index (Phi) is 8.61. The van der Waals surface area contributed by atoms with E-state index in [-0.39, 0.29) is 22.7 Å². The van der Waals surface area contributed by atoms with Crippen LogP contribution in [0.1, 0.15) is 18.7 Å². The first kappa shape index (κ1) is 29.0. The van der Waals surface area contributed by atoms with Crippen molar-refractivity contribution in [3.63, 3.8) is 0 Å². The molecule has 208 valence electrons. The van der Waals surface area contributed by atoms with E-state index in [4.69, 9.17) is 30.6 Å². The maximum atomic E-state index is 14.1. The SMILES string of the molecule is C[C@@H](Cc1ccccc1F)Nc1cc(Cl)nc2c1cnn2[C@H]1O[C@@H](COP(=O)(O)CP(=O)(O)O)[C@H](O)[C@@H]1O. The number of ether oxygens (including phenoxy) is 1. The summed E-state index contributed by atoms with van der Waals surface area (Å²) in [5.41, 5.74) is 1.24. The van der Waals surface area contributed by atoms with Gasteiger partial charge in [0, 0.05) is 6.04 Å². The molecule has 6 N–H and O–H groups in total. The molecule has 38 heavy (non-hydrogen) atoms. The smallest absolute Gasteiger partial charge is 0.340 e. The van der Waals surface area contributed by atoms with Gasteiger partial charge in [-0.05, 0) is 31.0 Å². The molecule has 3 heterocycles. The van der Waals surface area contributed by atoms with E-state index in [0.717, 1.165) is 0 Å². The van der Waals surface area contributed by atoms with Crippen LogP contribution >= 0.6 is 26.8 Å². The van der Waals surface area contributed by atoms with Gasteiger partial charge in [0.25, 0.3) is 0 Å². The summed E-state index contributed by atoms with van der Waals surface area (Å²) < 4.78 is 48.5. The fourth-order valence-corrected chi connectivity index (χ4v) is 6.89. The Labute approximate surface area is 220 Å². The third kappa shape index (κ3) is 6.78. The average molecular weight is 595 g/mol. The molecule has 2 aromatic heterocycles. The third-order valence-corrected chi connectivity index (χ3v) is 9.45. The predicted molar refractivity (Wildman–Crippen MR) is 134 cm³/mol. The second kappa shape index (κ2) is 11.3. The Morgan fingerprint density at radius 2 is 1.95 bits per heavy atom. The van der Waals surface area contributed by atoms with Gasteiger partial charge in [-0.25, -0.2) is 14.1 Å². The summed E-state index contributed by atoms with van der Waals surface area (Å²) in [7, 11) is -9.55. The Hall–Kier alpha value is -1.96. The number of fused-ring (bicyclic) bond motifs is 1. The van der Waals surface area contributed by atoms with Gasteiger partial charge in [0.15, 0.2) is 17.8 Å². The van der Waals surface area contributed by atoms with Gasteiger partial charge >= 0.3 is 15.2 Å². The number of rotatable bonds is 10. The van der Waals surface area contributed by atoms with Gasteiger partial charge in [0.1, 0.15) is 29.3 Å². The molecule has 4 rings (SSSR count). The van der Waals surface area contributed by atoms with Crippen LogP contribution in [0.5, 0.6) is 0 Å². The fourth-order valence-electron chi connectivity index (χ4n) is 4.14. The van der Waals surface area contributed by atoms with Crippen molar-refractivity contribution >= 4 is 43.5 Å². The second-order valence-corrected chi connectivity index (χ2v) is 13.3. The number of nitrogens with one attached hydrogen (secondary N) is 1. The van der Waals surface area contributed by atoms with Gasteiger partial charge in [0.05, 0.1) is 23.9 Å². The number of anilines is 1. The largest absolute Gasteiger partial charge is 0.387 e. The Morgan fingerprint density at radius 3 is 2.63 bits per heavy atom. The van der Waals surface area contributed by atoms with Crippen molar-refractivity contribution in [1.82, 2.24) is 14.8 Å². The van der Waals surface area contributed by atoms with Gasteiger partial charge < -0.3 is 39.5 Å². The summed E-state index contributed by atoms with van der Waals surface area (Å²) in [5.74, 6) is -1.73. The maximum absolute atomic E-state index is 14.1. The molecule has 0 aliphatic carbocycles. The van der Waals surface area contributed by atoms with E-state index < -0.39 is 52.2 Å². The molecule has 3 aromatic rings. The fraction of sp³-hybridized carbons (Fsp3) is 0.429. The molecule has 6 atom stereocenters. The summed E-state index contributed by atoms with van der Waals surface area (Å²) in [4.78, 5) is 31.8. The van der Waals surface area contributed by atoms with E-state index in [9.17, 15) is 28.6 Å². The van der Waals surface area contributed by atoms with E-state index in [1.54, 1.807) is 24.3 Å². The van der Waals surface area contributed by atoms with E-state index in [2.05, 4.69) is 15.4 Å². The van der Waals surface area contributed by atoms with Crippen LogP contribution in [0.4, 0.5) is 10.1 Å². The van der Waals surface area contributed by atoms with Gasteiger partial charge in [-0.2, -0.15) is 5.10 Å². The lowest BCUT2D eigenvalue weighted by Crippen LogP contribution is -2.33. The topological polar surface area (TPSA) is 196 Å². The maximum Gasteiger partial charge on any atom is 0.340 e. The number of hydrogen-bond donors (Lipinski definition) is 6. The molecular formula is C21H26ClFN4O9P2. The lowest BCUT2D eigenvalue weighted by molar-refractivity contribution is -0.0541. The summed E-state index contributed by atoms with van der Waals surface area (Å²) in [6.07, 6.45) is -3.98. The van der Waals surface area contributed by atoms with Crippen LogP contribution < -0.4 is 5.32 Å². The number of benzene rings is 1. The Balaban J connectivity index is 1.52. The van der Waals surface area contributed by atoms with Crippen molar-refractivity contribution in [3.8, 4) is 0 Å². The minimum absolute atomic E-state index is 0.0754. The van der Waals surface area contributed by atoms with Crippen LogP contribution in [0.15, 0.2) is 36.5 Å². The predicted octanol–water partition coefficient (Wildman–Crippen LogP) is 2.22. The first-order chi connectivity index (χ1) is 17.7. The van der Waals surface area contributed by atoms with Gasteiger partial charge in [-0.15, -0.1) is 0 Å². The zero-order chi connectivity index (χ0) is 27.8. The van der Waals surface area contributed by atoms with Crippen molar-refractivity contribution in [2.75, 3.05) is 17.8 Å². The highest BCUT2D eigenvalue weighted by Crippen LogP contribution is 2.55. The number of aliphatic hydroxyl groups is 2. The lowest BCUT2D eigenvalue weighted by atomic mass is 10.1. The summed E-state index contributed by atoms with van der Waals surface area (Å²) in [5, 5.41) is 29.0. The van der Waals surface area contributed by atoms with Crippen LogP contribution in [-0.4, -0.2) is 76.5 Å². The molecule has 13 nitrogen and oxygen atoms in total. The van der Waals surface area contributed by atoms with Crippen LogP contribution in [0, 0.1) is 5.82 Å². The van der Waals surface area contributed by atoms with Crippen molar-refractivity contribution in [2.24, 2.45) is 0 Å². The van der Waals surface area contributed by atoms with Crippen LogP contribution in [0.2, 0.25) is 5.15 Å². The van der Waals surface area contributed by atoms with Crippen LogP contribution in [-0.2, 0) is 24.8 Å². The minimum Gasteiger partial charge on any atom is -0.387 e. The molecule has 0 amide bonds. The quantitative estimate of drug-likeness (QED) is 0.148. The highest BCUT2D eigenvalue weighted by molar-refractivity contribution is 7.70. The number of halogens is 2. The van der Waals surface area contributed by atoms with Crippen molar-refractivity contribution in [2.45, 2.75) is 43.9 Å². The molecule has 1 aromatic carbocycles. The molecular weight excluding hydrogens is 569 g/mol. The highest BCUT2D eigenvalue weighted by Gasteiger charge is 2.46. The molecule has 0 saturated carbocycles. The first-order valence-corrected chi connectivity index (χ1v) is 15.2.